The molecule has 1 heterocycles. The van der Waals surface area contributed by atoms with Crippen molar-refractivity contribution in [2.45, 2.75) is 6.42 Å². The molecule has 0 amide bonds. The summed E-state index contributed by atoms with van der Waals surface area (Å²) in [4.78, 5) is 15.9. The van der Waals surface area contributed by atoms with Crippen LogP contribution >= 0.6 is 32.9 Å². The molecule has 1 aromatic carbocycles. The van der Waals surface area contributed by atoms with Crippen molar-refractivity contribution in [2.75, 3.05) is 0 Å². The Morgan fingerprint density at radius 1 is 1.18 bits per heavy atom. The molecule has 4 heteroatoms. The molecule has 0 aliphatic carbocycles. The van der Waals surface area contributed by atoms with Gasteiger partial charge in [-0.2, -0.15) is 0 Å². The van der Waals surface area contributed by atoms with Crippen LogP contribution in [0.1, 0.15) is 15.9 Å². The van der Waals surface area contributed by atoms with Gasteiger partial charge in [0.05, 0.1) is 0 Å². The van der Waals surface area contributed by atoms with Crippen LogP contribution in [0.15, 0.2) is 53.3 Å². The van der Waals surface area contributed by atoms with Crippen molar-refractivity contribution in [3.63, 3.8) is 0 Å². The Morgan fingerprint density at radius 3 is 2.47 bits per heavy atom. The SMILES string of the molecule is Br.O=C(Cc1cccnc1)c1ccc(Br)cc1. The Labute approximate surface area is 119 Å². The lowest BCUT2D eigenvalue weighted by Crippen LogP contribution is -2.03. The summed E-state index contributed by atoms with van der Waals surface area (Å²) >= 11 is 3.34. The lowest BCUT2D eigenvalue weighted by Gasteiger charge is -2.01. The molecule has 0 radical (unpaired) electrons. The van der Waals surface area contributed by atoms with Crippen molar-refractivity contribution in [1.82, 2.24) is 4.98 Å². The van der Waals surface area contributed by atoms with E-state index in [4.69, 9.17) is 0 Å². The maximum atomic E-state index is 11.9. The average Bonchev–Trinajstić information content (AvgIpc) is 2.31. The fourth-order valence-corrected chi connectivity index (χ4v) is 1.69. The maximum Gasteiger partial charge on any atom is 0.167 e. The monoisotopic (exact) mass is 355 g/mol. The number of halogens is 2. The van der Waals surface area contributed by atoms with Crippen LogP contribution in [-0.4, -0.2) is 10.8 Å². The zero-order chi connectivity index (χ0) is 11.4. The number of rotatable bonds is 3. The second-order valence-corrected chi connectivity index (χ2v) is 4.38. The molecular formula is C13H11Br2NO. The van der Waals surface area contributed by atoms with E-state index in [0.29, 0.717) is 6.42 Å². The van der Waals surface area contributed by atoms with Crippen molar-refractivity contribution in [1.29, 1.82) is 0 Å². The molecule has 17 heavy (non-hydrogen) atoms. The third-order valence-corrected chi connectivity index (χ3v) is 2.78. The van der Waals surface area contributed by atoms with E-state index in [9.17, 15) is 4.79 Å². The van der Waals surface area contributed by atoms with Gasteiger partial charge in [-0.05, 0) is 23.8 Å². The molecule has 0 saturated heterocycles. The van der Waals surface area contributed by atoms with E-state index in [-0.39, 0.29) is 22.8 Å². The zero-order valence-corrected chi connectivity index (χ0v) is 12.3. The highest BCUT2D eigenvalue weighted by atomic mass is 79.9. The molecule has 0 aliphatic heterocycles. The number of aromatic nitrogens is 1. The smallest absolute Gasteiger partial charge is 0.167 e. The molecule has 0 bridgehead atoms. The predicted molar refractivity (Wildman–Crippen MR) is 76.7 cm³/mol. The Morgan fingerprint density at radius 2 is 1.88 bits per heavy atom. The molecule has 2 nitrogen and oxygen atoms in total. The van der Waals surface area contributed by atoms with Gasteiger partial charge in [-0.3, -0.25) is 9.78 Å². The molecule has 0 aliphatic rings. The highest BCUT2D eigenvalue weighted by molar-refractivity contribution is 9.10. The summed E-state index contributed by atoms with van der Waals surface area (Å²) in [6, 6.07) is 11.1. The molecule has 0 atom stereocenters. The van der Waals surface area contributed by atoms with Crippen LogP contribution in [0.2, 0.25) is 0 Å². The molecule has 2 aromatic rings. The molecule has 2 rings (SSSR count). The van der Waals surface area contributed by atoms with Gasteiger partial charge in [0.15, 0.2) is 5.78 Å². The van der Waals surface area contributed by atoms with Crippen LogP contribution in [-0.2, 0) is 6.42 Å². The summed E-state index contributed by atoms with van der Waals surface area (Å²) in [7, 11) is 0. The summed E-state index contributed by atoms with van der Waals surface area (Å²) < 4.78 is 0.977. The van der Waals surface area contributed by atoms with E-state index >= 15 is 0 Å². The van der Waals surface area contributed by atoms with Gasteiger partial charge >= 0.3 is 0 Å². The van der Waals surface area contributed by atoms with E-state index < -0.39 is 0 Å². The number of carbonyl (C=O) groups excluding carboxylic acids is 1. The number of benzene rings is 1. The molecule has 0 saturated carbocycles. The number of hydrogen-bond donors (Lipinski definition) is 0. The van der Waals surface area contributed by atoms with Crippen molar-refractivity contribution in [2.24, 2.45) is 0 Å². The Balaban J connectivity index is 0.00000144. The number of Topliss-reactive ketones (excluding diaryl/α,β-unsaturated/α-hetero) is 1. The normalized spacial score (nSPS) is 9.47. The van der Waals surface area contributed by atoms with Crippen LogP contribution < -0.4 is 0 Å². The molecule has 0 N–H and O–H groups in total. The number of nitrogens with zero attached hydrogens (tertiary/aromatic N) is 1. The molecule has 1 aromatic heterocycles. The van der Waals surface area contributed by atoms with Gasteiger partial charge < -0.3 is 0 Å². The number of pyridine rings is 1. The summed E-state index contributed by atoms with van der Waals surface area (Å²) in [6.07, 6.45) is 3.82. The fraction of sp³-hybridized carbons (Fsp3) is 0.0769. The third-order valence-electron chi connectivity index (χ3n) is 2.25. The van der Waals surface area contributed by atoms with Crippen LogP contribution in [0.3, 0.4) is 0 Å². The van der Waals surface area contributed by atoms with E-state index in [1.807, 2.05) is 36.4 Å². The first-order valence-corrected chi connectivity index (χ1v) is 5.72. The summed E-state index contributed by atoms with van der Waals surface area (Å²) in [5.41, 5.74) is 1.67. The lowest BCUT2D eigenvalue weighted by molar-refractivity contribution is 0.0993. The minimum absolute atomic E-state index is 0. The topological polar surface area (TPSA) is 30.0 Å². The Kier molecular flexibility index (Phi) is 5.51. The second kappa shape index (κ2) is 6.67. The lowest BCUT2D eigenvalue weighted by atomic mass is 10.0. The quantitative estimate of drug-likeness (QED) is 0.782. The standard InChI is InChI=1S/C13H10BrNO.BrH/c14-12-5-3-11(4-6-12)13(16)8-10-2-1-7-15-9-10;/h1-7,9H,8H2;1H. The van der Waals surface area contributed by atoms with Gasteiger partial charge in [0, 0.05) is 28.9 Å². The third kappa shape index (κ3) is 4.06. The zero-order valence-electron chi connectivity index (χ0n) is 8.97. The van der Waals surface area contributed by atoms with Gasteiger partial charge in [0.2, 0.25) is 0 Å². The first-order valence-electron chi connectivity index (χ1n) is 4.93. The van der Waals surface area contributed by atoms with Crippen LogP contribution in [0, 0.1) is 0 Å². The Bertz CT molecular complexity index is 483. The average molecular weight is 357 g/mol. The number of ketones is 1. The van der Waals surface area contributed by atoms with Crippen LogP contribution in [0.4, 0.5) is 0 Å². The molecular weight excluding hydrogens is 346 g/mol. The predicted octanol–water partition coefficient (Wildman–Crippen LogP) is 3.85. The van der Waals surface area contributed by atoms with Gasteiger partial charge in [0.25, 0.3) is 0 Å². The van der Waals surface area contributed by atoms with Gasteiger partial charge in [-0.25, -0.2) is 0 Å². The minimum Gasteiger partial charge on any atom is -0.294 e. The number of carbonyl (C=O) groups is 1. The summed E-state index contributed by atoms with van der Waals surface area (Å²) in [5.74, 6) is 0.112. The van der Waals surface area contributed by atoms with E-state index in [2.05, 4.69) is 20.9 Å². The molecule has 0 spiro atoms. The summed E-state index contributed by atoms with van der Waals surface area (Å²) in [6.45, 7) is 0. The van der Waals surface area contributed by atoms with Crippen molar-refractivity contribution < 1.29 is 4.79 Å². The highest BCUT2D eigenvalue weighted by Crippen LogP contribution is 2.12. The Hall–Kier alpha value is -1.00. The van der Waals surface area contributed by atoms with Crippen LogP contribution in [0.25, 0.3) is 0 Å². The summed E-state index contributed by atoms with van der Waals surface area (Å²) in [5, 5.41) is 0. The second-order valence-electron chi connectivity index (χ2n) is 3.47. The van der Waals surface area contributed by atoms with Crippen molar-refractivity contribution in [3.8, 4) is 0 Å². The largest absolute Gasteiger partial charge is 0.294 e. The van der Waals surface area contributed by atoms with Gasteiger partial charge in [-0.15, -0.1) is 17.0 Å². The van der Waals surface area contributed by atoms with Crippen molar-refractivity contribution in [3.05, 3.63) is 64.4 Å². The maximum absolute atomic E-state index is 11.9. The fourth-order valence-electron chi connectivity index (χ4n) is 1.43. The van der Waals surface area contributed by atoms with E-state index in [0.717, 1.165) is 15.6 Å². The highest BCUT2D eigenvalue weighted by Gasteiger charge is 2.06. The van der Waals surface area contributed by atoms with Gasteiger partial charge in [-0.1, -0.05) is 34.1 Å². The van der Waals surface area contributed by atoms with E-state index in [1.54, 1.807) is 12.4 Å². The van der Waals surface area contributed by atoms with E-state index in [1.165, 1.54) is 0 Å². The van der Waals surface area contributed by atoms with Gasteiger partial charge in [0.1, 0.15) is 0 Å². The molecule has 0 fully saturated rings. The minimum atomic E-state index is 0. The van der Waals surface area contributed by atoms with Crippen molar-refractivity contribution >= 4 is 38.7 Å². The molecule has 88 valence electrons. The number of hydrogen-bond acceptors (Lipinski definition) is 2. The first-order chi connectivity index (χ1) is 7.75. The van der Waals surface area contributed by atoms with Crippen LogP contribution in [0.5, 0.6) is 0 Å². The first kappa shape index (κ1) is 14.1. The molecule has 0 unspecified atom stereocenters.